The lowest BCUT2D eigenvalue weighted by atomic mass is 10.1. The fourth-order valence-corrected chi connectivity index (χ4v) is 1.99. The zero-order valence-electron chi connectivity index (χ0n) is 7.70. The van der Waals surface area contributed by atoms with E-state index in [4.69, 9.17) is 10.8 Å². The third kappa shape index (κ3) is 1.68. The van der Waals surface area contributed by atoms with Gasteiger partial charge in [0, 0.05) is 10.2 Å². The van der Waals surface area contributed by atoms with E-state index in [1.165, 1.54) is 0 Å². The second-order valence-electron chi connectivity index (χ2n) is 3.21. The van der Waals surface area contributed by atoms with Crippen LogP contribution < -0.4 is 5.73 Å². The number of hydrogen-bond donors (Lipinski definition) is 2. The van der Waals surface area contributed by atoms with Gasteiger partial charge in [0.25, 0.3) is 0 Å². The zero-order chi connectivity index (χ0) is 11.0. The molecule has 3 nitrogen and oxygen atoms in total. The number of benzene rings is 2. The van der Waals surface area contributed by atoms with Crippen LogP contribution in [0.25, 0.3) is 10.8 Å². The Balaban J connectivity index is 2.82. The van der Waals surface area contributed by atoms with E-state index < -0.39 is 5.97 Å². The van der Waals surface area contributed by atoms with Crippen LogP contribution in [-0.4, -0.2) is 11.1 Å². The van der Waals surface area contributed by atoms with Gasteiger partial charge in [-0.2, -0.15) is 0 Å². The normalized spacial score (nSPS) is 10.5. The molecule has 0 aliphatic heterocycles. The fourth-order valence-electron chi connectivity index (χ4n) is 1.49. The topological polar surface area (TPSA) is 63.3 Å². The summed E-state index contributed by atoms with van der Waals surface area (Å²) < 4.78 is 0.906. The van der Waals surface area contributed by atoms with Gasteiger partial charge >= 0.3 is 5.97 Å². The molecule has 0 aliphatic carbocycles. The molecule has 0 spiro atoms. The molecule has 0 unspecified atom stereocenters. The highest BCUT2D eigenvalue weighted by molar-refractivity contribution is 9.10. The summed E-state index contributed by atoms with van der Waals surface area (Å²) in [6.45, 7) is 0. The smallest absolute Gasteiger partial charge is 0.337 e. The first-order valence-corrected chi connectivity index (χ1v) is 5.10. The van der Waals surface area contributed by atoms with Crippen molar-refractivity contribution in [1.82, 2.24) is 0 Å². The van der Waals surface area contributed by atoms with Crippen LogP contribution in [-0.2, 0) is 0 Å². The lowest BCUT2D eigenvalue weighted by Crippen LogP contribution is -2.02. The highest BCUT2D eigenvalue weighted by atomic mass is 79.9. The van der Waals surface area contributed by atoms with Crippen molar-refractivity contribution in [1.29, 1.82) is 0 Å². The number of rotatable bonds is 1. The van der Waals surface area contributed by atoms with Crippen LogP contribution in [0.4, 0.5) is 5.69 Å². The van der Waals surface area contributed by atoms with E-state index in [1.54, 1.807) is 12.1 Å². The number of halogens is 1. The first kappa shape index (κ1) is 9.98. The summed E-state index contributed by atoms with van der Waals surface area (Å²) in [5, 5.41) is 10.7. The molecule has 0 saturated heterocycles. The molecule has 0 saturated carbocycles. The number of carbonyl (C=O) groups is 1. The Bertz CT molecular complexity index is 552. The van der Waals surface area contributed by atoms with Crippen molar-refractivity contribution in [3.8, 4) is 0 Å². The maximum Gasteiger partial charge on any atom is 0.337 e. The monoisotopic (exact) mass is 265 g/mol. The Kier molecular flexibility index (Phi) is 2.36. The van der Waals surface area contributed by atoms with Crippen LogP contribution in [0.1, 0.15) is 10.4 Å². The van der Waals surface area contributed by atoms with Crippen LogP contribution in [0.15, 0.2) is 34.8 Å². The first-order valence-electron chi connectivity index (χ1n) is 4.30. The van der Waals surface area contributed by atoms with Crippen LogP contribution in [0.5, 0.6) is 0 Å². The van der Waals surface area contributed by atoms with Gasteiger partial charge in [-0.1, -0.05) is 28.1 Å². The summed E-state index contributed by atoms with van der Waals surface area (Å²) >= 11 is 3.39. The third-order valence-corrected chi connectivity index (χ3v) is 2.92. The Morgan fingerprint density at radius 2 is 2.07 bits per heavy atom. The molecule has 0 fully saturated rings. The van der Waals surface area contributed by atoms with Gasteiger partial charge in [0.1, 0.15) is 0 Å². The molecule has 2 rings (SSSR count). The van der Waals surface area contributed by atoms with E-state index in [9.17, 15) is 4.79 Å². The Morgan fingerprint density at radius 3 is 2.73 bits per heavy atom. The highest BCUT2D eigenvalue weighted by Gasteiger charge is 2.09. The lowest BCUT2D eigenvalue weighted by Gasteiger charge is -2.05. The molecule has 3 N–H and O–H groups in total. The van der Waals surface area contributed by atoms with Gasteiger partial charge in [-0.05, 0) is 29.0 Å². The molecule has 0 heterocycles. The van der Waals surface area contributed by atoms with E-state index in [2.05, 4.69) is 15.9 Å². The van der Waals surface area contributed by atoms with Gasteiger partial charge < -0.3 is 10.8 Å². The van der Waals surface area contributed by atoms with Crippen LogP contribution in [0.3, 0.4) is 0 Å². The number of hydrogen-bond acceptors (Lipinski definition) is 2. The van der Waals surface area contributed by atoms with Gasteiger partial charge in [-0.3, -0.25) is 0 Å². The minimum Gasteiger partial charge on any atom is -0.478 e. The molecular weight excluding hydrogens is 258 g/mol. The number of nitrogen functional groups attached to an aromatic ring is 1. The lowest BCUT2D eigenvalue weighted by molar-refractivity contribution is 0.0698. The van der Waals surface area contributed by atoms with Crippen molar-refractivity contribution < 1.29 is 9.90 Å². The van der Waals surface area contributed by atoms with Crippen molar-refractivity contribution in [2.24, 2.45) is 0 Å². The van der Waals surface area contributed by atoms with E-state index >= 15 is 0 Å². The number of aromatic carboxylic acids is 1. The van der Waals surface area contributed by atoms with E-state index in [0.29, 0.717) is 0 Å². The van der Waals surface area contributed by atoms with Crippen molar-refractivity contribution in [3.63, 3.8) is 0 Å². The fraction of sp³-hybridized carbons (Fsp3) is 0. The number of carboxylic acids is 1. The molecule has 2 aromatic rings. The summed E-state index contributed by atoms with van der Waals surface area (Å²) in [4.78, 5) is 10.9. The third-order valence-electron chi connectivity index (χ3n) is 2.23. The minimum absolute atomic E-state index is 0.139. The summed E-state index contributed by atoms with van der Waals surface area (Å²) in [5.74, 6) is -1.01. The SMILES string of the molecule is Nc1cc2c(Br)cccc2cc1C(=O)O. The molecule has 0 atom stereocenters. The molecule has 15 heavy (non-hydrogen) atoms. The molecular formula is C11H8BrNO2. The molecule has 0 bridgehead atoms. The molecule has 76 valence electrons. The van der Waals surface area contributed by atoms with E-state index in [-0.39, 0.29) is 11.3 Å². The summed E-state index contributed by atoms with van der Waals surface area (Å²) in [6, 6.07) is 8.85. The van der Waals surface area contributed by atoms with Crippen LogP contribution in [0.2, 0.25) is 0 Å². The zero-order valence-corrected chi connectivity index (χ0v) is 9.28. The Morgan fingerprint density at radius 1 is 1.33 bits per heavy atom. The summed E-state index contributed by atoms with van der Waals surface area (Å²) in [5.41, 5.74) is 6.07. The molecule has 0 aliphatic rings. The molecule has 0 radical (unpaired) electrons. The average molecular weight is 266 g/mol. The van der Waals surface area contributed by atoms with Crippen molar-refractivity contribution >= 4 is 38.4 Å². The second kappa shape index (κ2) is 3.55. The van der Waals surface area contributed by atoms with E-state index in [0.717, 1.165) is 15.2 Å². The largest absolute Gasteiger partial charge is 0.478 e. The van der Waals surface area contributed by atoms with Gasteiger partial charge in [0.15, 0.2) is 0 Å². The predicted octanol–water partition coefficient (Wildman–Crippen LogP) is 2.88. The molecule has 0 aromatic heterocycles. The summed E-state index contributed by atoms with van der Waals surface area (Å²) in [7, 11) is 0. The number of fused-ring (bicyclic) bond motifs is 1. The van der Waals surface area contributed by atoms with Crippen molar-refractivity contribution in [3.05, 3.63) is 40.4 Å². The quantitative estimate of drug-likeness (QED) is 0.780. The standard InChI is InChI=1S/C11H8BrNO2/c12-9-3-1-2-6-4-8(11(14)15)10(13)5-7(6)9/h1-5H,13H2,(H,14,15). The number of nitrogens with two attached hydrogens (primary N) is 1. The Labute approximate surface area is 94.6 Å². The van der Waals surface area contributed by atoms with Gasteiger partial charge in [-0.15, -0.1) is 0 Å². The van der Waals surface area contributed by atoms with Gasteiger partial charge in [0.05, 0.1) is 5.56 Å². The molecule has 0 amide bonds. The number of anilines is 1. The van der Waals surface area contributed by atoms with Crippen LogP contribution in [0, 0.1) is 0 Å². The van der Waals surface area contributed by atoms with E-state index in [1.807, 2.05) is 18.2 Å². The van der Waals surface area contributed by atoms with Crippen molar-refractivity contribution in [2.45, 2.75) is 0 Å². The highest BCUT2D eigenvalue weighted by Crippen LogP contribution is 2.28. The summed E-state index contributed by atoms with van der Waals surface area (Å²) in [6.07, 6.45) is 0. The second-order valence-corrected chi connectivity index (χ2v) is 4.06. The maximum atomic E-state index is 10.9. The predicted molar refractivity (Wildman–Crippen MR) is 63.0 cm³/mol. The first-order chi connectivity index (χ1) is 7.09. The molecule has 4 heteroatoms. The average Bonchev–Trinajstić information content (AvgIpc) is 2.18. The van der Waals surface area contributed by atoms with Gasteiger partial charge in [-0.25, -0.2) is 4.79 Å². The Hall–Kier alpha value is -1.55. The maximum absolute atomic E-state index is 10.9. The van der Waals surface area contributed by atoms with Crippen molar-refractivity contribution in [2.75, 3.05) is 5.73 Å². The van der Waals surface area contributed by atoms with Gasteiger partial charge in [0.2, 0.25) is 0 Å². The molecule has 2 aromatic carbocycles. The van der Waals surface area contributed by atoms with Crippen LogP contribution >= 0.6 is 15.9 Å². The number of carboxylic acid groups (broad SMARTS) is 1. The minimum atomic E-state index is -1.01.